The van der Waals surface area contributed by atoms with E-state index in [2.05, 4.69) is 0 Å². The third kappa shape index (κ3) is 3.28. The summed E-state index contributed by atoms with van der Waals surface area (Å²) < 4.78 is 9.87. The van der Waals surface area contributed by atoms with Crippen LogP contribution in [0.3, 0.4) is 0 Å². The van der Waals surface area contributed by atoms with Gasteiger partial charge < -0.3 is 9.47 Å². The van der Waals surface area contributed by atoms with Crippen molar-refractivity contribution in [2.45, 2.75) is 6.10 Å². The van der Waals surface area contributed by atoms with E-state index in [9.17, 15) is 9.59 Å². The molecule has 0 radical (unpaired) electrons. The topological polar surface area (TPSA) is 52.6 Å². The van der Waals surface area contributed by atoms with Gasteiger partial charge >= 0.3 is 0 Å². The zero-order chi connectivity index (χ0) is 12.8. The summed E-state index contributed by atoms with van der Waals surface area (Å²) in [5.74, 6) is -0.586. The van der Waals surface area contributed by atoms with Gasteiger partial charge in [0.15, 0.2) is 17.7 Å². The van der Waals surface area contributed by atoms with Crippen LogP contribution >= 0.6 is 11.6 Å². The molecule has 0 N–H and O–H groups in total. The van der Waals surface area contributed by atoms with Crippen LogP contribution in [0.1, 0.15) is 10.4 Å². The molecule has 92 valence electrons. The average molecular weight is 257 g/mol. The number of methoxy groups -OCH3 is 2. The maximum absolute atomic E-state index is 12.0. The minimum Gasteiger partial charge on any atom is -0.497 e. The molecule has 0 aromatic heterocycles. The highest BCUT2D eigenvalue weighted by Gasteiger charge is 2.26. The van der Waals surface area contributed by atoms with Crippen LogP contribution in [0.5, 0.6) is 5.75 Å². The number of ether oxygens (including phenoxy) is 2. The van der Waals surface area contributed by atoms with Gasteiger partial charge in [-0.1, -0.05) is 12.1 Å². The van der Waals surface area contributed by atoms with Gasteiger partial charge in [-0.2, -0.15) is 0 Å². The molecule has 0 saturated heterocycles. The molecule has 1 rings (SSSR count). The number of carbonyl (C=O) groups excluding carboxylic acids is 2. The van der Waals surface area contributed by atoms with Crippen LogP contribution in [0.4, 0.5) is 0 Å². The van der Waals surface area contributed by atoms with Gasteiger partial charge in [-0.15, -0.1) is 11.6 Å². The van der Waals surface area contributed by atoms with Gasteiger partial charge in [0.25, 0.3) is 0 Å². The molecular weight excluding hydrogens is 244 g/mol. The van der Waals surface area contributed by atoms with Gasteiger partial charge in [-0.05, 0) is 12.1 Å². The quantitative estimate of drug-likeness (QED) is 0.442. The Morgan fingerprint density at radius 2 is 2.06 bits per heavy atom. The summed E-state index contributed by atoms with van der Waals surface area (Å²) >= 11 is 5.41. The first kappa shape index (κ1) is 13.7. The Hall–Kier alpha value is -1.39. The Morgan fingerprint density at radius 1 is 1.35 bits per heavy atom. The molecule has 0 fully saturated rings. The number of carbonyl (C=O) groups is 2. The number of halogens is 1. The van der Waals surface area contributed by atoms with E-state index >= 15 is 0 Å². The first-order valence-electron chi connectivity index (χ1n) is 4.93. The van der Waals surface area contributed by atoms with Crippen LogP contribution in [-0.2, 0) is 9.53 Å². The molecule has 0 heterocycles. The number of hydrogen-bond donors (Lipinski definition) is 0. The van der Waals surface area contributed by atoms with Gasteiger partial charge in [0, 0.05) is 12.7 Å². The Balaban J connectivity index is 2.97. The third-order valence-corrected chi connectivity index (χ3v) is 2.52. The minimum atomic E-state index is -1.15. The summed E-state index contributed by atoms with van der Waals surface area (Å²) in [7, 11) is 2.80. The zero-order valence-corrected chi connectivity index (χ0v) is 10.4. The predicted molar refractivity (Wildman–Crippen MR) is 63.8 cm³/mol. The summed E-state index contributed by atoms with van der Waals surface area (Å²) in [5, 5.41) is 0. The second-order valence-electron chi connectivity index (χ2n) is 3.31. The molecule has 5 heteroatoms. The van der Waals surface area contributed by atoms with E-state index in [0.717, 1.165) is 0 Å². The lowest BCUT2D eigenvalue weighted by molar-refractivity contribution is -0.123. The molecule has 0 aliphatic heterocycles. The Morgan fingerprint density at radius 3 is 2.59 bits per heavy atom. The molecule has 0 spiro atoms. The molecule has 0 amide bonds. The van der Waals surface area contributed by atoms with Gasteiger partial charge in [0.2, 0.25) is 0 Å². The second-order valence-corrected chi connectivity index (χ2v) is 3.58. The van der Waals surface area contributed by atoms with Crippen molar-refractivity contribution in [1.82, 2.24) is 0 Å². The lowest BCUT2D eigenvalue weighted by Crippen LogP contribution is -2.33. The Kier molecular flexibility index (Phi) is 5.12. The summed E-state index contributed by atoms with van der Waals surface area (Å²) in [6, 6.07) is 6.53. The molecular formula is C12H13ClO4. The average Bonchev–Trinajstić information content (AvgIpc) is 2.39. The minimum absolute atomic E-state index is 0.256. The van der Waals surface area contributed by atoms with Crippen molar-refractivity contribution in [1.29, 1.82) is 0 Å². The number of benzene rings is 1. The van der Waals surface area contributed by atoms with Gasteiger partial charge in [0.05, 0.1) is 13.0 Å². The van der Waals surface area contributed by atoms with E-state index in [0.29, 0.717) is 11.3 Å². The Labute approximate surface area is 104 Å². The maximum atomic E-state index is 12.0. The van der Waals surface area contributed by atoms with Crippen molar-refractivity contribution in [2.75, 3.05) is 20.1 Å². The summed E-state index contributed by atoms with van der Waals surface area (Å²) in [6.45, 7) is 0. The molecule has 17 heavy (non-hydrogen) atoms. The monoisotopic (exact) mass is 256 g/mol. The van der Waals surface area contributed by atoms with Crippen LogP contribution in [0.2, 0.25) is 0 Å². The summed E-state index contributed by atoms with van der Waals surface area (Å²) in [5.41, 5.74) is 0.356. The fourth-order valence-corrected chi connectivity index (χ4v) is 1.52. The number of rotatable bonds is 6. The van der Waals surface area contributed by atoms with Crippen molar-refractivity contribution in [2.24, 2.45) is 0 Å². The number of alkyl halides is 1. The summed E-state index contributed by atoms with van der Waals surface area (Å²) in [6.07, 6.45) is -1.15. The van der Waals surface area contributed by atoms with Gasteiger partial charge in [-0.25, -0.2) is 0 Å². The zero-order valence-electron chi connectivity index (χ0n) is 9.60. The standard InChI is InChI=1S/C12H13ClO4/c1-16-9-5-3-4-8(6-9)11(15)12(17-2)10(14)7-13/h3-6,12H,7H2,1-2H3. The first-order chi connectivity index (χ1) is 8.13. The van der Waals surface area contributed by atoms with Crippen molar-refractivity contribution >= 4 is 23.2 Å². The van der Waals surface area contributed by atoms with E-state index in [1.165, 1.54) is 14.2 Å². The largest absolute Gasteiger partial charge is 0.497 e. The molecule has 1 unspecified atom stereocenters. The highest BCUT2D eigenvalue weighted by molar-refractivity contribution is 6.31. The lowest BCUT2D eigenvalue weighted by Gasteiger charge is -2.12. The molecule has 1 atom stereocenters. The second kappa shape index (κ2) is 6.37. The predicted octanol–water partition coefficient (Wildman–Crippen LogP) is 1.70. The van der Waals surface area contributed by atoms with Crippen molar-refractivity contribution in [3.05, 3.63) is 29.8 Å². The third-order valence-electron chi connectivity index (χ3n) is 2.25. The molecule has 0 aliphatic carbocycles. The summed E-state index contributed by atoms with van der Waals surface area (Å²) in [4.78, 5) is 23.4. The first-order valence-corrected chi connectivity index (χ1v) is 5.47. The highest BCUT2D eigenvalue weighted by atomic mass is 35.5. The van der Waals surface area contributed by atoms with Crippen LogP contribution in [-0.4, -0.2) is 37.8 Å². The number of hydrogen-bond acceptors (Lipinski definition) is 4. The van der Waals surface area contributed by atoms with Gasteiger partial charge in [-0.3, -0.25) is 9.59 Å². The smallest absolute Gasteiger partial charge is 0.199 e. The van der Waals surface area contributed by atoms with E-state index in [4.69, 9.17) is 21.1 Å². The fourth-order valence-electron chi connectivity index (χ4n) is 1.38. The number of Topliss-reactive ketones (excluding diaryl/α,β-unsaturated/α-hetero) is 2. The van der Waals surface area contributed by atoms with Crippen molar-refractivity contribution < 1.29 is 19.1 Å². The van der Waals surface area contributed by atoms with Crippen LogP contribution in [0, 0.1) is 0 Å². The fraction of sp³-hybridized carbons (Fsp3) is 0.333. The number of ketones is 2. The van der Waals surface area contributed by atoms with Crippen molar-refractivity contribution in [3.63, 3.8) is 0 Å². The van der Waals surface area contributed by atoms with E-state index in [1.807, 2.05) is 0 Å². The van der Waals surface area contributed by atoms with Crippen LogP contribution < -0.4 is 4.74 Å². The van der Waals surface area contributed by atoms with Gasteiger partial charge in [0.1, 0.15) is 5.75 Å². The molecule has 0 saturated carbocycles. The van der Waals surface area contributed by atoms with E-state index < -0.39 is 17.7 Å². The van der Waals surface area contributed by atoms with E-state index in [1.54, 1.807) is 24.3 Å². The van der Waals surface area contributed by atoms with Crippen molar-refractivity contribution in [3.8, 4) is 5.75 Å². The highest BCUT2D eigenvalue weighted by Crippen LogP contribution is 2.15. The maximum Gasteiger partial charge on any atom is 0.199 e. The molecule has 4 nitrogen and oxygen atoms in total. The van der Waals surface area contributed by atoms with Crippen LogP contribution in [0.25, 0.3) is 0 Å². The van der Waals surface area contributed by atoms with E-state index in [-0.39, 0.29) is 5.88 Å². The molecule has 0 aliphatic rings. The Bertz CT molecular complexity index is 417. The lowest BCUT2D eigenvalue weighted by atomic mass is 10.0. The molecule has 1 aromatic rings. The molecule has 0 bridgehead atoms. The SMILES string of the molecule is COc1cccc(C(=O)C(OC)C(=O)CCl)c1. The molecule has 1 aromatic carbocycles. The normalized spacial score (nSPS) is 11.9. The van der Waals surface area contributed by atoms with Crippen LogP contribution in [0.15, 0.2) is 24.3 Å².